The summed E-state index contributed by atoms with van der Waals surface area (Å²) in [5.74, 6) is -0.306. The van der Waals surface area contributed by atoms with Crippen molar-refractivity contribution in [2.75, 3.05) is 11.1 Å². The highest BCUT2D eigenvalue weighted by atomic mass is 32.2. The summed E-state index contributed by atoms with van der Waals surface area (Å²) in [4.78, 5) is 42.2. The molecule has 4 rings (SSSR count). The summed E-state index contributed by atoms with van der Waals surface area (Å²) < 4.78 is 1.02. The van der Waals surface area contributed by atoms with E-state index in [1.807, 2.05) is 42.6 Å². The Morgan fingerprint density at radius 1 is 1.28 bits per heavy atom. The van der Waals surface area contributed by atoms with Gasteiger partial charge in [0.25, 0.3) is 0 Å². The molecule has 32 heavy (non-hydrogen) atoms. The first-order valence-electron chi connectivity index (χ1n) is 10.1. The molecule has 0 spiro atoms. The van der Waals surface area contributed by atoms with Gasteiger partial charge in [-0.05, 0) is 36.1 Å². The van der Waals surface area contributed by atoms with Crippen molar-refractivity contribution in [3.05, 3.63) is 46.2 Å². The number of nitrogens with one attached hydrogen (secondary N) is 4. The van der Waals surface area contributed by atoms with E-state index in [0.29, 0.717) is 11.7 Å². The topological polar surface area (TPSA) is 112 Å². The Balaban J connectivity index is 1.23. The van der Waals surface area contributed by atoms with Crippen LogP contribution in [0.15, 0.2) is 35.7 Å². The van der Waals surface area contributed by atoms with Gasteiger partial charge in [0.05, 0.1) is 22.5 Å². The molecule has 0 bridgehead atoms. The van der Waals surface area contributed by atoms with Crippen molar-refractivity contribution in [3.63, 3.8) is 0 Å². The molecule has 11 heteroatoms. The maximum atomic E-state index is 12.4. The zero-order valence-electron chi connectivity index (χ0n) is 17.3. The third kappa shape index (κ3) is 6.28. The highest BCUT2D eigenvalue weighted by molar-refractivity contribution is 8.00. The van der Waals surface area contributed by atoms with Gasteiger partial charge in [0, 0.05) is 23.8 Å². The molecule has 2 aromatic heterocycles. The molecule has 1 aliphatic rings. The van der Waals surface area contributed by atoms with E-state index in [-0.39, 0.29) is 42.4 Å². The molecule has 1 aliphatic heterocycles. The second kappa shape index (κ2) is 10.4. The van der Waals surface area contributed by atoms with Crippen molar-refractivity contribution < 1.29 is 14.4 Å². The molecule has 1 aromatic carbocycles. The predicted molar refractivity (Wildman–Crippen MR) is 130 cm³/mol. The number of aryl methyl sites for hydroxylation is 1. The molecule has 1 saturated heterocycles. The van der Waals surface area contributed by atoms with E-state index >= 15 is 0 Å². The Morgan fingerprint density at radius 2 is 2.16 bits per heavy atom. The molecule has 8 nitrogen and oxygen atoms in total. The average molecular weight is 490 g/mol. The van der Waals surface area contributed by atoms with Crippen LogP contribution in [0.1, 0.15) is 23.3 Å². The van der Waals surface area contributed by atoms with Crippen LogP contribution in [-0.4, -0.2) is 40.0 Å². The van der Waals surface area contributed by atoms with Crippen LogP contribution in [0.3, 0.4) is 0 Å². The van der Waals surface area contributed by atoms with E-state index in [1.165, 1.54) is 23.1 Å². The van der Waals surface area contributed by atoms with Crippen LogP contribution >= 0.6 is 34.4 Å². The number of amides is 3. The third-order valence-corrected chi connectivity index (χ3v) is 7.58. The minimum absolute atomic E-state index is 0.113. The van der Waals surface area contributed by atoms with Crippen LogP contribution in [0.4, 0.5) is 5.13 Å². The zero-order valence-corrected chi connectivity index (χ0v) is 19.8. The van der Waals surface area contributed by atoms with Gasteiger partial charge in [0.1, 0.15) is 5.50 Å². The molecular weight excluding hydrogens is 466 g/mol. The lowest BCUT2D eigenvalue weighted by Crippen LogP contribution is -2.56. The smallest absolute Gasteiger partial charge is 0.236 e. The van der Waals surface area contributed by atoms with Gasteiger partial charge in [-0.25, -0.2) is 4.98 Å². The highest BCUT2D eigenvalue weighted by Gasteiger charge is 2.28. The number of hydrogen-bond acceptors (Lipinski definition) is 8. The molecule has 2 atom stereocenters. The summed E-state index contributed by atoms with van der Waals surface area (Å²) in [7, 11) is 0. The van der Waals surface area contributed by atoms with Gasteiger partial charge in [-0.1, -0.05) is 23.5 Å². The molecule has 4 N–H and O–H groups in total. The summed E-state index contributed by atoms with van der Waals surface area (Å²) in [6, 6.07) is 9.58. The van der Waals surface area contributed by atoms with E-state index in [4.69, 9.17) is 0 Å². The molecule has 2 unspecified atom stereocenters. The van der Waals surface area contributed by atoms with Crippen LogP contribution in [0.2, 0.25) is 0 Å². The summed E-state index contributed by atoms with van der Waals surface area (Å²) in [5, 5.41) is 14.3. The Kier molecular flexibility index (Phi) is 7.40. The molecule has 3 amide bonds. The zero-order chi connectivity index (χ0) is 22.5. The fourth-order valence-electron chi connectivity index (χ4n) is 3.26. The number of benzene rings is 1. The van der Waals surface area contributed by atoms with Gasteiger partial charge < -0.3 is 16.0 Å². The van der Waals surface area contributed by atoms with Crippen molar-refractivity contribution in [2.24, 2.45) is 0 Å². The lowest BCUT2D eigenvalue weighted by atomic mass is 10.1. The predicted octanol–water partition coefficient (Wildman–Crippen LogP) is 2.81. The first kappa shape index (κ1) is 22.7. The number of anilines is 1. The molecule has 168 valence electrons. The lowest BCUT2D eigenvalue weighted by Gasteiger charge is -2.30. The van der Waals surface area contributed by atoms with Crippen LogP contribution in [0.25, 0.3) is 10.2 Å². The van der Waals surface area contributed by atoms with Gasteiger partial charge in [-0.2, -0.15) is 0 Å². The Hall–Kier alpha value is -2.47. The molecule has 3 aromatic rings. The van der Waals surface area contributed by atoms with Gasteiger partial charge in [-0.15, -0.1) is 23.1 Å². The van der Waals surface area contributed by atoms with Gasteiger partial charge >= 0.3 is 0 Å². The Bertz CT molecular complexity index is 1120. The number of carbonyl (C=O) groups excluding carboxylic acids is 3. The monoisotopic (exact) mass is 489 g/mol. The fraction of sp³-hybridized carbons (Fsp3) is 0.333. The lowest BCUT2D eigenvalue weighted by molar-refractivity contribution is -0.125. The first-order chi connectivity index (χ1) is 15.4. The number of thiazole rings is 1. The number of rotatable bonds is 8. The normalized spacial score (nSPS) is 18.3. The van der Waals surface area contributed by atoms with Crippen LogP contribution in [0.5, 0.6) is 0 Å². The largest absolute Gasteiger partial charge is 0.351 e. The summed E-state index contributed by atoms with van der Waals surface area (Å²) in [6.45, 7) is 2.50. The van der Waals surface area contributed by atoms with Crippen LogP contribution in [0, 0.1) is 6.92 Å². The number of nitrogens with zero attached hydrogens (tertiary/aromatic N) is 1. The van der Waals surface area contributed by atoms with Crippen LogP contribution in [-0.2, 0) is 20.9 Å². The number of thiophene rings is 1. The van der Waals surface area contributed by atoms with Crippen molar-refractivity contribution in [1.82, 2.24) is 20.9 Å². The quantitative estimate of drug-likeness (QED) is 0.387. The number of hydrogen-bond donors (Lipinski definition) is 4. The van der Waals surface area contributed by atoms with E-state index < -0.39 is 5.50 Å². The minimum Gasteiger partial charge on any atom is -0.351 e. The van der Waals surface area contributed by atoms with Gasteiger partial charge in [-0.3, -0.25) is 19.7 Å². The maximum Gasteiger partial charge on any atom is 0.236 e. The van der Waals surface area contributed by atoms with E-state index in [0.717, 1.165) is 20.7 Å². The van der Waals surface area contributed by atoms with E-state index in [9.17, 15) is 14.4 Å². The standard InChI is InChI=1S/C21H23N5O3S3/c1-12-4-5-15-16(7-12)32-21(24-15)26-19(29)11-31-20-23-13(9-18(28)25-20)8-17(27)22-10-14-3-2-6-30-14/h2-7,13,20,23H,8-11H2,1H3,(H,22,27)(H,25,28)(H,24,26,29). The second-order valence-corrected chi connectivity index (χ2v) is 10.6. The number of thioether (sulfide) groups is 1. The fourth-order valence-corrected chi connectivity index (χ4v) is 5.78. The second-order valence-electron chi connectivity index (χ2n) is 7.42. The van der Waals surface area contributed by atoms with Crippen molar-refractivity contribution in [1.29, 1.82) is 0 Å². The number of fused-ring (bicyclic) bond motifs is 1. The molecule has 3 heterocycles. The molecular formula is C21H23N5O3S3. The van der Waals surface area contributed by atoms with E-state index in [2.05, 4.69) is 26.3 Å². The third-order valence-electron chi connectivity index (χ3n) is 4.75. The SMILES string of the molecule is Cc1ccc2nc(NC(=O)CSC3NC(=O)CC(CC(=O)NCc4cccs4)N3)sc2c1. The van der Waals surface area contributed by atoms with Crippen LogP contribution < -0.4 is 21.3 Å². The Labute approximate surface area is 197 Å². The van der Waals surface area contributed by atoms with Gasteiger partial charge in [0.2, 0.25) is 17.7 Å². The van der Waals surface area contributed by atoms with Crippen molar-refractivity contribution in [2.45, 2.75) is 37.8 Å². The average Bonchev–Trinajstić information content (AvgIpc) is 3.39. The molecule has 0 saturated carbocycles. The number of aromatic nitrogens is 1. The molecule has 0 radical (unpaired) electrons. The molecule has 0 aliphatic carbocycles. The highest BCUT2D eigenvalue weighted by Crippen LogP contribution is 2.27. The van der Waals surface area contributed by atoms with Crippen molar-refractivity contribution >= 4 is 67.5 Å². The van der Waals surface area contributed by atoms with Crippen molar-refractivity contribution in [3.8, 4) is 0 Å². The maximum absolute atomic E-state index is 12.4. The van der Waals surface area contributed by atoms with Gasteiger partial charge in [0.15, 0.2) is 5.13 Å². The Morgan fingerprint density at radius 3 is 2.97 bits per heavy atom. The number of carbonyl (C=O) groups is 3. The first-order valence-corrected chi connectivity index (χ1v) is 12.8. The summed E-state index contributed by atoms with van der Waals surface area (Å²) in [5.41, 5.74) is 1.56. The van der Waals surface area contributed by atoms with E-state index in [1.54, 1.807) is 11.3 Å². The summed E-state index contributed by atoms with van der Waals surface area (Å²) in [6.07, 6.45) is 0.425. The molecule has 1 fully saturated rings. The minimum atomic E-state index is -0.435. The summed E-state index contributed by atoms with van der Waals surface area (Å²) >= 11 is 4.29.